The molecule has 0 aromatic carbocycles. The molecule has 0 rings (SSSR count). The molecule has 0 aromatic heterocycles. The van der Waals surface area contributed by atoms with Crippen molar-refractivity contribution in [3.8, 4) is 0 Å². The zero-order valence-corrected chi connectivity index (χ0v) is 28.6. The first kappa shape index (κ1) is 40.7. The molecule has 0 fully saturated rings. The fraction of sp³-hybridized carbons (Fsp3) is 0.909. The summed E-state index contributed by atoms with van der Waals surface area (Å²) in [5.74, 6) is -1.76. The normalized spacial score (nSPS) is 11.7. The van der Waals surface area contributed by atoms with Crippen molar-refractivity contribution in [2.75, 3.05) is 0 Å². The van der Waals surface area contributed by atoms with Crippen LogP contribution in [0.2, 0.25) is 0 Å². The van der Waals surface area contributed by atoms with E-state index in [0.29, 0.717) is 0 Å². The molecule has 0 aliphatic carbocycles. The molecular weight excluding hydrogens is 497 g/mol. The molecule has 0 saturated heterocycles. The SMILES string of the molecule is CCCCCCCCCCCCCCCCCC(=O)N(C(=O)CCCCCCCCCCC)C(C)C(=O)O.[H-].[Na+]. The van der Waals surface area contributed by atoms with Crippen molar-refractivity contribution in [1.29, 1.82) is 0 Å². The van der Waals surface area contributed by atoms with Gasteiger partial charge in [-0.2, -0.15) is 0 Å². The minimum absolute atomic E-state index is 0. The standard InChI is InChI=1S/C33H63NO4.Na.H/c1-4-6-8-10-12-14-15-16-17-18-19-21-23-25-27-29-32(36)34(30(3)33(37)38)31(35)28-26-24-22-20-13-11-9-7-5-2;;/h30H,4-29H2,1-3H3,(H,37,38);;/q;+1;-1. The van der Waals surface area contributed by atoms with Crippen LogP contribution in [0.15, 0.2) is 0 Å². The molecule has 0 bridgehead atoms. The largest absolute Gasteiger partial charge is 1.00 e. The summed E-state index contributed by atoms with van der Waals surface area (Å²) in [5, 5.41) is 9.44. The van der Waals surface area contributed by atoms with E-state index < -0.39 is 12.0 Å². The van der Waals surface area contributed by atoms with Gasteiger partial charge in [0.1, 0.15) is 6.04 Å². The van der Waals surface area contributed by atoms with Crippen molar-refractivity contribution in [2.45, 2.75) is 194 Å². The van der Waals surface area contributed by atoms with Gasteiger partial charge in [-0.25, -0.2) is 4.79 Å². The number of imide groups is 1. The number of amides is 2. The molecule has 0 saturated carbocycles. The van der Waals surface area contributed by atoms with Crippen molar-refractivity contribution in [3.05, 3.63) is 0 Å². The van der Waals surface area contributed by atoms with Crippen LogP contribution in [0.1, 0.15) is 189 Å². The van der Waals surface area contributed by atoms with Gasteiger partial charge in [-0.05, 0) is 19.8 Å². The van der Waals surface area contributed by atoms with E-state index in [0.717, 1.165) is 43.4 Å². The average Bonchev–Trinajstić information content (AvgIpc) is 2.90. The van der Waals surface area contributed by atoms with Crippen molar-refractivity contribution in [2.24, 2.45) is 0 Å². The van der Waals surface area contributed by atoms with Gasteiger partial charge in [0.15, 0.2) is 0 Å². The first-order valence-electron chi connectivity index (χ1n) is 16.5. The Morgan fingerprint density at radius 3 is 0.974 bits per heavy atom. The molecule has 6 heteroatoms. The van der Waals surface area contributed by atoms with Gasteiger partial charge in [-0.1, -0.05) is 155 Å². The van der Waals surface area contributed by atoms with Crippen molar-refractivity contribution in [1.82, 2.24) is 4.90 Å². The molecule has 0 aliphatic rings. The van der Waals surface area contributed by atoms with E-state index in [9.17, 15) is 19.5 Å². The van der Waals surface area contributed by atoms with Crippen LogP contribution in [0.4, 0.5) is 0 Å². The molecule has 1 unspecified atom stereocenters. The fourth-order valence-corrected chi connectivity index (χ4v) is 5.16. The van der Waals surface area contributed by atoms with E-state index in [4.69, 9.17) is 0 Å². The average molecular weight is 562 g/mol. The van der Waals surface area contributed by atoms with Crippen LogP contribution < -0.4 is 29.6 Å². The second-order valence-electron chi connectivity index (χ2n) is 11.4. The maximum atomic E-state index is 12.8. The topological polar surface area (TPSA) is 74.7 Å². The van der Waals surface area contributed by atoms with Gasteiger partial charge in [0.05, 0.1) is 0 Å². The summed E-state index contributed by atoms with van der Waals surface area (Å²) in [6.45, 7) is 5.93. The summed E-state index contributed by atoms with van der Waals surface area (Å²) in [5.41, 5.74) is 0. The summed E-state index contributed by atoms with van der Waals surface area (Å²) in [6, 6.07) is -1.09. The van der Waals surface area contributed by atoms with E-state index in [1.165, 1.54) is 122 Å². The predicted molar refractivity (Wildman–Crippen MR) is 161 cm³/mol. The summed E-state index contributed by atoms with van der Waals surface area (Å²) in [6.07, 6.45) is 29.8. The van der Waals surface area contributed by atoms with Crippen LogP contribution in [0, 0.1) is 0 Å². The molecule has 0 aliphatic heterocycles. The number of carboxylic acids is 1. The second kappa shape index (κ2) is 30.6. The maximum absolute atomic E-state index is 12.8. The fourth-order valence-electron chi connectivity index (χ4n) is 5.16. The van der Waals surface area contributed by atoms with Gasteiger partial charge in [-0.15, -0.1) is 0 Å². The van der Waals surface area contributed by atoms with Crippen LogP contribution in [-0.2, 0) is 14.4 Å². The van der Waals surface area contributed by atoms with Crippen molar-refractivity contribution >= 4 is 17.8 Å². The molecule has 226 valence electrons. The van der Waals surface area contributed by atoms with Crippen LogP contribution in [0.25, 0.3) is 0 Å². The predicted octanol–water partition coefficient (Wildman–Crippen LogP) is 7.11. The van der Waals surface area contributed by atoms with Crippen molar-refractivity contribution in [3.63, 3.8) is 0 Å². The summed E-state index contributed by atoms with van der Waals surface area (Å²) in [7, 11) is 0. The Morgan fingerprint density at radius 1 is 0.513 bits per heavy atom. The Labute approximate surface area is 265 Å². The van der Waals surface area contributed by atoms with Crippen LogP contribution in [-0.4, -0.2) is 33.8 Å². The molecule has 0 radical (unpaired) electrons. The summed E-state index contributed by atoms with van der Waals surface area (Å²) < 4.78 is 0. The third-order valence-electron chi connectivity index (χ3n) is 7.77. The van der Waals surface area contributed by atoms with E-state index >= 15 is 0 Å². The summed E-state index contributed by atoms with van der Waals surface area (Å²) >= 11 is 0. The maximum Gasteiger partial charge on any atom is 1.00 e. The molecule has 39 heavy (non-hydrogen) atoms. The van der Waals surface area contributed by atoms with E-state index in [2.05, 4.69) is 13.8 Å². The number of nitrogens with zero attached hydrogens (tertiary/aromatic N) is 1. The van der Waals surface area contributed by atoms with Crippen LogP contribution in [0.3, 0.4) is 0 Å². The first-order chi connectivity index (χ1) is 18.5. The minimum Gasteiger partial charge on any atom is -1.00 e. The number of hydrogen-bond donors (Lipinski definition) is 1. The molecule has 0 aromatic rings. The Bertz CT molecular complexity index is 591. The van der Waals surface area contributed by atoms with Gasteiger partial charge in [0.25, 0.3) is 0 Å². The molecular formula is C33H64NNaO4. The molecule has 2 amide bonds. The minimum atomic E-state index is -1.12. The van der Waals surface area contributed by atoms with Crippen LogP contribution >= 0.6 is 0 Å². The Morgan fingerprint density at radius 2 is 0.744 bits per heavy atom. The molecule has 5 nitrogen and oxygen atoms in total. The van der Waals surface area contributed by atoms with E-state index in [-0.39, 0.29) is 55.6 Å². The second-order valence-corrected chi connectivity index (χ2v) is 11.4. The van der Waals surface area contributed by atoms with Gasteiger partial charge in [-0.3, -0.25) is 14.5 Å². The third-order valence-corrected chi connectivity index (χ3v) is 7.77. The zero-order valence-electron chi connectivity index (χ0n) is 27.6. The zero-order chi connectivity index (χ0) is 28.3. The number of aliphatic carboxylic acids is 1. The first-order valence-corrected chi connectivity index (χ1v) is 16.5. The number of carboxylic acid groups (broad SMARTS) is 1. The molecule has 0 heterocycles. The Balaban J connectivity index is -0.00000684. The van der Waals surface area contributed by atoms with Gasteiger partial charge >= 0.3 is 35.5 Å². The number of hydrogen-bond acceptors (Lipinski definition) is 3. The smallest absolute Gasteiger partial charge is 1.00 e. The van der Waals surface area contributed by atoms with Gasteiger partial charge in [0.2, 0.25) is 11.8 Å². The molecule has 1 atom stereocenters. The Hall–Kier alpha value is -0.390. The number of carbonyl (C=O) groups excluding carboxylic acids is 2. The van der Waals surface area contributed by atoms with Crippen molar-refractivity contribution < 1.29 is 50.5 Å². The van der Waals surface area contributed by atoms with Crippen LogP contribution in [0.5, 0.6) is 0 Å². The summed E-state index contributed by atoms with van der Waals surface area (Å²) in [4.78, 5) is 38.1. The third kappa shape index (κ3) is 25.1. The number of carbonyl (C=O) groups is 3. The monoisotopic (exact) mass is 561 g/mol. The van der Waals surface area contributed by atoms with Gasteiger partial charge < -0.3 is 6.53 Å². The number of unbranched alkanes of at least 4 members (excludes halogenated alkanes) is 22. The van der Waals surface area contributed by atoms with E-state index in [1.54, 1.807) is 0 Å². The van der Waals surface area contributed by atoms with Gasteiger partial charge in [0, 0.05) is 12.8 Å². The molecule has 0 spiro atoms. The number of rotatable bonds is 28. The Kier molecular flexibility index (Phi) is 31.9. The molecule has 1 N–H and O–H groups in total. The van der Waals surface area contributed by atoms with E-state index in [1.807, 2.05) is 0 Å². The quantitative estimate of drug-likeness (QED) is 0.0816.